The summed E-state index contributed by atoms with van der Waals surface area (Å²) in [6.07, 6.45) is 0.881. The van der Waals surface area contributed by atoms with Crippen LogP contribution in [0.15, 0.2) is 140 Å². The first-order valence-corrected chi connectivity index (χ1v) is 14.9. The summed E-state index contributed by atoms with van der Waals surface area (Å²) < 4.78 is 5.68. The highest BCUT2D eigenvalue weighted by Gasteiger charge is 2.25. The van der Waals surface area contributed by atoms with Gasteiger partial charge in [-0.3, -0.25) is 0 Å². The fraction of sp³-hybridized carbons (Fsp3) is 0.0732. The summed E-state index contributed by atoms with van der Waals surface area (Å²) in [6, 6.07) is 50.5. The average Bonchev–Trinajstić information content (AvgIpc) is 3.44. The van der Waals surface area contributed by atoms with Crippen LogP contribution in [0.1, 0.15) is 11.1 Å². The third kappa shape index (κ3) is 4.57. The third-order valence-electron chi connectivity index (χ3n) is 8.72. The highest BCUT2D eigenvalue weighted by atomic mass is 16.5. The number of aliphatic hydroxyl groups excluding tert-OH is 1. The lowest BCUT2D eigenvalue weighted by Gasteiger charge is -2.17. The first-order valence-electron chi connectivity index (χ1n) is 14.9. The molecule has 1 aliphatic carbocycles. The van der Waals surface area contributed by atoms with E-state index < -0.39 is 0 Å². The minimum atomic E-state index is -0.000487. The maximum absolute atomic E-state index is 9.20. The van der Waals surface area contributed by atoms with Crippen molar-refractivity contribution in [3.63, 3.8) is 0 Å². The van der Waals surface area contributed by atoms with E-state index in [1.54, 1.807) is 0 Å². The summed E-state index contributed by atoms with van der Waals surface area (Å²) in [4.78, 5) is 0. The molecule has 7 aromatic rings. The molecule has 2 heteroatoms. The summed E-state index contributed by atoms with van der Waals surface area (Å²) >= 11 is 0. The molecule has 0 amide bonds. The van der Waals surface area contributed by atoms with E-state index in [1.165, 1.54) is 77.2 Å². The summed E-state index contributed by atoms with van der Waals surface area (Å²) in [5, 5.41) is 14.2. The molecule has 43 heavy (non-hydrogen) atoms. The SMILES string of the molecule is OCCOc1ccc(-c2c(-c3ccc4ccccc4c3)ccc3c2Cc2cc(-c4ccc5ccccc5c4)ccc2-3)cc1. The van der Waals surface area contributed by atoms with Crippen molar-refractivity contribution in [1.82, 2.24) is 0 Å². The number of benzene rings is 7. The number of aliphatic hydroxyl groups is 1. The molecule has 7 aromatic carbocycles. The molecule has 0 fully saturated rings. The van der Waals surface area contributed by atoms with E-state index in [2.05, 4.69) is 127 Å². The molecule has 0 bridgehead atoms. The van der Waals surface area contributed by atoms with Gasteiger partial charge in [-0.2, -0.15) is 0 Å². The monoisotopic (exact) mass is 554 g/mol. The highest BCUT2D eigenvalue weighted by Crippen LogP contribution is 2.47. The highest BCUT2D eigenvalue weighted by molar-refractivity contribution is 5.97. The van der Waals surface area contributed by atoms with Crippen LogP contribution in [0, 0.1) is 0 Å². The Morgan fingerprint density at radius 3 is 1.77 bits per heavy atom. The second kappa shape index (κ2) is 10.6. The van der Waals surface area contributed by atoms with Gasteiger partial charge in [-0.15, -0.1) is 0 Å². The molecular formula is C41H30O2. The Bertz CT molecular complexity index is 2140. The van der Waals surface area contributed by atoms with Crippen molar-refractivity contribution in [2.45, 2.75) is 6.42 Å². The molecule has 0 heterocycles. The van der Waals surface area contributed by atoms with Crippen LogP contribution >= 0.6 is 0 Å². The van der Waals surface area contributed by atoms with Gasteiger partial charge in [0.05, 0.1) is 6.61 Å². The van der Waals surface area contributed by atoms with Gasteiger partial charge in [-0.1, -0.05) is 115 Å². The summed E-state index contributed by atoms with van der Waals surface area (Å²) in [7, 11) is 0. The van der Waals surface area contributed by atoms with Gasteiger partial charge in [-0.05, 0) is 108 Å². The fourth-order valence-corrected chi connectivity index (χ4v) is 6.63. The van der Waals surface area contributed by atoms with Crippen LogP contribution in [-0.4, -0.2) is 18.3 Å². The molecule has 2 nitrogen and oxygen atoms in total. The predicted octanol–water partition coefficient (Wildman–Crippen LogP) is 9.94. The second-order valence-corrected chi connectivity index (χ2v) is 11.3. The Balaban J connectivity index is 1.25. The third-order valence-corrected chi connectivity index (χ3v) is 8.72. The van der Waals surface area contributed by atoms with Gasteiger partial charge < -0.3 is 9.84 Å². The zero-order chi connectivity index (χ0) is 28.8. The van der Waals surface area contributed by atoms with Crippen LogP contribution < -0.4 is 4.74 Å². The fourth-order valence-electron chi connectivity index (χ4n) is 6.63. The van der Waals surface area contributed by atoms with Crippen molar-refractivity contribution < 1.29 is 9.84 Å². The zero-order valence-electron chi connectivity index (χ0n) is 23.8. The summed E-state index contributed by atoms with van der Waals surface area (Å²) in [5.41, 5.74) is 12.7. The molecule has 1 aliphatic rings. The number of rotatable bonds is 6. The lowest BCUT2D eigenvalue weighted by molar-refractivity contribution is 0.201. The first-order chi connectivity index (χ1) is 21.2. The Labute approximate surface area is 251 Å². The molecule has 0 atom stereocenters. The zero-order valence-corrected chi connectivity index (χ0v) is 23.8. The van der Waals surface area contributed by atoms with Gasteiger partial charge in [0.1, 0.15) is 12.4 Å². The van der Waals surface area contributed by atoms with Crippen LogP contribution in [0.5, 0.6) is 5.75 Å². The van der Waals surface area contributed by atoms with E-state index >= 15 is 0 Å². The van der Waals surface area contributed by atoms with E-state index in [-0.39, 0.29) is 13.2 Å². The van der Waals surface area contributed by atoms with E-state index in [1.807, 2.05) is 12.1 Å². The minimum absolute atomic E-state index is 0.000487. The van der Waals surface area contributed by atoms with Crippen molar-refractivity contribution >= 4 is 21.5 Å². The first kappa shape index (κ1) is 25.5. The van der Waals surface area contributed by atoms with Crippen molar-refractivity contribution in [2.24, 2.45) is 0 Å². The molecule has 0 aromatic heterocycles. The Kier molecular flexibility index (Phi) is 6.28. The van der Waals surface area contributed by atoms with Gasteiger partial charge in [0.2, 0.25) is 0 Å². The minimum Gasteiger partial charge on any atom is -0.491 e. The standard InChI is InChI=1S/C41H30O2/c42-21-22-43-36-16-13-29(14-17-36)41-38(34-12-10-28-6-2-4-8-31(28)24-34)19-20-39-37-18-15-33(25-35(37)26-40(39)41)32-11-9-27-5-1-3-7-30(27)23-32/h1-20,23-25,42H,21-22,26H2. The number of fused-ring (bicyclic) bond motifs is 5. The largest absolute Gasteiger partial charge is 0.491 e. The smallest absolute Gasteiger partial charge is 0.119 e. The van der Waals surface area contributed by atoms with Crippen LogP contribution in [0.4, 0.5) is 0 Å². The van der Waals surface area contributed by atoms with Crippen molar-refractivity contribution in [3.8, 4) is 50.3 Å². The topological polar surface area (TPSA) is 29.5 Å². The number of ether oxygens (including phenoxy) is 1. The normalized spacial score (nSPS) is 11.9. The van der Waals surface area contributed by atoms with E-state index in [0.29, 0.717) is 0 Å². The van der Waals surface area contributed by atoms with Crippen LogP contribution in [0.25, 0.3) is 66.1 Å². The van der Waals surface area contributed by atoms with E-state index in [0.717, 1.165) is 12.2 Å². The van der Waals surface area contributed by atoms with E-state index in [4.69, 9.17) is 4.74 Å². The van der Waals surface area contributed by atoms with Crippen LogP contribution in [-0.2, 0) is 6.42 Å². The number of hydrogen-bond donors (Lipinski definition) is 1. The maximum atomic E-state index is 9.20. The quantitative estimate of drug-likeness (QED) is 0.222. The van der Waals surface area contributed by atoms with E-state index in [9.17, 15) is 5.11 Å². The Morgan fingerprint density at radius 2 is 1.05 bits per heavy atom. The Hall–Kier alpha value is -5.18. The van der Waals surface area contributed by atoms with Crippen LogP contribution in [0.3, 0.4) is 0 Å². The molecule has 0 spiro atoms. The molecule has 206 valence electrons. The van der Waals surface area contributed by atoms with Crippen molar-refractivity contribution in [2.75, 3.05) is 13.2 Å². The molecule has 0 saturated carbocycles. The van der Waals surface area contributed by atoms with Crippen molar-refractivity contribution in [1.29, 1.82) is 0 Å². The lowest BCUT2D eigenvalue weighted by atomic mass is 9.87. The Morgan fingerprint density at radius 1 is 0.488 bits per heavy atom. The van der Waals surface area contributed by atoms with Crippen LogP contribution in [0.2, 0.25) is 0 Å². The predicted molar refractivity (Wildman–Crippen MR) is 179 cm³/mol. The summed E-state index contributed by atoms with van der Waals surface area (Å²) in [5.74, 6) is 0.765. The van der Waals surface area contributed by atoms with Gasteiger partial charge >= 0.3 is 0 Å². The van der Waals surface area contributed by atoms with Gasteiger partial charge in [0.15, 0.2) is 0 Å². The van der Waals surface area contributed by atoms with Gasteiger partial charge in [0, 0.05) is 0 Å². The molecule has 1 N–H and O–H groups in total. The molecule has 0 radical (unpaired) electrons. The molecule has 0 aliphatic heterocycles. The molecule has 0 saturated heterocycles. The maximum Gasteiger partial charge on any atom is 0.119 e. The molecular weight excluding hydrogens is 524 g/mol. The summed E-state index contributed by atoms with van der Waals surface area (Å²) in [6.45, 7) is 0.288. The number of hydrogen-bond acceptors (Lipinski definition) is 2. The van der Waals surface area contributed by atoms with Gasteiger partial charge in [-0.25, -0.2) is 0 Å². The second-order valence-electron chi connectivity index (χ2n) is 11.3. The van der Waals surface area contributed by atoms with Gasteiger partial charge in [0.25, 0.3) is 0 Å². The lowest BCUT2D eigenvalue weighted by Crippen LogP contribution is -2.01. The van der Waals surface area contributed by atoms with Crippen molar-refractivity contribution in [3.05, 3.63) is 151 Å². The molecule has 8 rings (SSSR count). The molecule has 0 unspecified atom stereocenters. The average molecular weight is 555 g/mol.